The minimum Gasteiger partial charge on any atom is -0.459 e. The summed E-state index contributed by atoms with van der Waals surface area (Å²) in [5.74, 6) is -0.0486. The van der Waals surface area contributed by atoms with Crippen molar-refractivity contribution in [2.45, 2.75) is 32.2 Å². The molecule has 0 aliphatic heterocycles. The SMILES string of the molecule is CC(NC(=O)CCNC(=O)c1ccco1)c1ccc(NC(=O)C2CC2)cc1. The third-order valence-corrected chi connectivity index (χ3v) is 4.39. The lowest BCUT2D eigenvalue weighted by Gasteiger charge is -2.15. The van der Waals surface area contributed by atoms with Crippen LogP contribution >= 0.6 is 0 Å². The average molecular weight is 369 g/mol. The summed E-state index contributed by atoms with van der Waals surface area (Å²) in [6, 6.07) is 10.5. The molecule has 1 fully saturated rings. The molecule has 7 heteroatoms. The second kappa shape index (κ2) is 8.53. The van der Waals surface area contributed by atoms with Crippen LogP contribution in [-0.2, 0) is 9.59 Å². The summed E-state index contributed by atoms with van der Waals surface area (Å²) in [6.45, 7) is 2.11. The van der Waals surface area contributed by atoms with Crippen LogP contribution in [0.5, 0.6) is 0 Å². The van der Waals surface area contributed by atoms with E-state index in [0.29, 0.717) is 0 Å². The molecule has 0 spiro atoms. The van der Waals surface area contributed by atoms with E-state index in [1.54, 1.807) is 12.1 Å². The average Bonchev–Trinajstić information content (AvgIpc) is 3.36. The maximum atomic E-state index is 12.0. The van der Waals surface area contributed by atoms with Crippen LogP contribution in [0.3, 0.4) is 0 Å². The molecule has 1 aromatic heterocycles. The molecule has 1 atom stereocenters. The minimum atomic E-state index is -0.343. The van der Waals surface area contributed by atoms with E-state index >= 15 is 0 Å². The molecule has 27 heavy (non-hydrogen) atoms. The van der Waals surface area contributed by atoms with Crippen molar-refractivity contribution < 1.29 is 18.8 Å². The van der Waals surface area contributed by atoms with E-state index < -0.39 is 0 Å². The molecule has 7 nitrogen and oxygen atoms in total. The van der Waals surface area contributed by atoms with Crippen LogP contribution in [0, 0.1) is 5.92 Å². The summed E-state index contributed by atoms with van der Waals surface area (Å²) in [6.07, 6.45) is 3.53. The van der Waals surface area contributed by atoms with Gasteiger partial charge in [0.1, 0.15) is 0 Å². The van der Waals surface area contributed by atoms with E-state index in [1.165, 1.54) is 6.26 Å². The highest BCUT2D eigenvalue weighted by atomic mass is 16.3. The normalized spacial score (nSPS) is 14.3. The highest BCUT2D eigenvalue weighted by Gasteiger charge is 2.29. The lowest BCUT2D eigenvalue weighted by Crippen LogP contribution is -2.32. The molecule has 1 aliphatic carbocycles. The number of rotatable bonds is 8. The first-order valence-corrected chi connectivity index (χ1v) is 9.05. The summed E-state index contributed by atoms with van der Waals surface area (Å²) >= 11 is 0. The number of benzene rings is 1. The van der Waals surface area contributed by atoms with Crippen LogP contribution in [0.4, 0.5) is 5.69 Å². The van der Waals surface area contributed by atoms with Crippen LogP contribution in [0.15, 0.2) is 47.1 Å². The molecule has 1 heterocycles. The van der Waals surface area contributed by atoms with Crippen molar-refractivity contribution in [2.75, 3.05) is 11.9 Å². The van der Waals surface area contributed by atoms with E-state index in [2.05, 4.69) is 16.0 Å². The number of hydrogen-bond donors (Lipinski definition) is 3. The zero-order valence-corrected chi connectivity index (χ0v) is 15.2. The van der Waals surface area contributed by atoms with E-state index in [1.807, 2.05) is 31.2 Å². The molecule has 142 valence electrons. The number of carbonyl (C=O) groups excluding carboxylic acids is 3. The number of hydrogen-bond acceptors (Lipinski definition) is 4. The molecule has 3 amide bonds. The summed E-state index contributed by atoms with van der Waals surface area (Å²) in [4.78, 5) is 35.5. The molecule has 2 aromatic rings. The molecule has 1 aliphatic rings. The molecular weight excluding hydrogens is 346 g/mol. The fraction of sp³-hybridized carbons (Fsp3) is 0.350. The van der Waals surface area contributed by atoms with E-state index in [-0.39, 0.29) is 48.4 Å². The van der Waals surface area contributed by atoms with Crippen LogP contribution in [0.25, 0.3) is 0 Å². The maximum Gasteiger partial charge on any atom is 0.286 e. The Morgan fingerprint density at radius 1 is 1.15 bits per heavy atom. The quantitative estimate of drug-likeness (QED) is 0.666. The monoisotopic (exact) mass is 369 g/mol. The van der Waals surface area contributed by atoms with Gasteiger partial charge in [-0.3, -0.25) is 14.4 Å². The summed E-state index contributed by atoms with van der Waals surface area (Å²) in [7, 11) is 0. The van der Waals surface area contributed by atoms with Gasteiger partial charge in [-0.05, 0) is 49.6 Å². The van der Waals surface area contributed by atoms with Crippen molar-refractivity contribution >= 4 is 23.4 Å². The lowest BCUT2D eigenvalue weighted by atomic mass is 10.1. The predicted octanol–water partition coefficient (Wildman–Crippen LogP) is 2.63. The van der Waals surface area contributed by atoms with Gasteiger partial charge in [0.25, 0.3) is 5.91 Å². The van der Waals surface area contributed by atoms with Crippen molar-refractivity contribution in [2.24, 2.45) is 5.92 Å². The van der Waals surface area contributed by atoms with Crippen LogP contribution in [0.1, 0.15) is 48.3 Å². The first-order chi connectivity index (χ1) is 13.0. The molecule has 1 aromatic carbocycles. The van der Waals surface area contributed by atoms with Crippen molar-refractivity contribution in [3.8, 4) is 0 Å². The fourth-order valence-electron chi connectivity index (χ4n) is 2.63. The molecule has 0 saturated heterocycles. The Balaban J connectivity index is 1.40. The highest BCUT2D eigenvalue weighted by molar-refractivity contribution is 5.94. The maximum absolute atomic E-state index is 12.0. The van der Waals surface area contributed by atoms with Crippen molar-refractivity contribution in [1.29, 1.82) is 0 Å². The van der Waals surface area contributed by atoms with Gasteiger partial charge in [-0.25, -0.2) is 0 Å². The van der Waals surface area contributed by atoms with Gasteiger partial charge in [-0.2, -0.15) is 0 Å². The standard InChI is InChI=1S/C20H23N3O4/c1-13(14-6-8-16(9-7-14)23-19(25)15-4-5-15)22-18(24)10-11-21-20(26)17-3-2-12-27-17/h2-3,6-9,12-13,15H,4-5,10-11H2,1H3,(H,21,26)(H,22,24)(H,23,25). The molecule has 3 N–H and O–H groups in total. The van der Waals surface area contributed by atoms with Crippen LogP contribution in [-0.4, -0.2) is 24.3 Å². The third kappa shape index (κ3) is 5.44. The fourth-order valence-corrected chi connectivity index (χ4v) is 2.63. The second-order valence-electron chi connectivity index (χ2n) is 6.66. The van der Waals surface area contributed by atoms with Gasteiger partial charge in [0.15, 0.2) is 5.76 Å². The smallest absolute Gasteiger partial charge is 0.286 e. The number of furan rings is 1. The molecular formula is C20H23N3O4. The first kappa shape index (κ1) is 18.7. The first-order valence-electron chi connectivity index (χ1n) is 9.05. The van der Waals surface area contributed by atoms with E-state index in [0.717, 1.165) is 24.1 Å². The zero-order valence-electron chi connectivity index (χ0n) is 15.2. The molecule has 3 rings (SSSR count). The van der Waals surface area contributed by atoms with E-state index in [4.69, 9.17) is 4.42 Å². The summed E-state index contributed by atoms with van der Waals surface area (Å²) in [5.41, 5.74) is 1.70. The van der Waals surface area contributed by atoms with Gasteiger partial charge in [-0.1, -0.05) is 12.1 Å². The van der Waals surface area contributed by atoms with Gasteiger partial charge >= 0.3 is 0 Å². The summed E-state index contributed by atoms with van der Waals surface area (Å²) < 4.78 is 4.99. The number of anilines is 1. The van der Waals surface area contributed by atoms with Crippen molar-refractivity contribution in [3.63, 3.8) is 0 Å². The van der Waals surface area contributed by atoms with Crippen LogP contribution < -0.4 is 16.0 Å². The van der Waals surface area contributed by atoms with Gasteiger partial charge < -0.3 is 20.4 Å². The van der Waals surface area contributed by atoms with Crippen molar-refractivity contribution in [3.05, 3.63) is 54.0 Å². The zero-order chi connectivity index (χ0) is 19.2. The number of amides is 3. The lowest BCUT2D eigenvalue weighted by molar-refractivity contribution is -0.121. The van der Waals surface area contributed by atoms with Gasteiger partial charge in [0.05, 0.1) is 12.3 Å². The van der Waals surface area contributed by atoms with Gasteiger partial charge in [0.2, 0.25) is 11.8 Å². The number of nitrogens with one attached hydrogen (secondary N) is 3. The highest BCUT2D eigenvalue weighted by Crippen LogP contribution is 2.30. The van der Waals surface area contributed by atoms with E-state index in [9.17, 15) is 14.4 Å². The van der Waals surface area contributed by atoms with Crippen molar-refractivity contribution in [1.82, 2.24) is 10.6 Å². The Kier molecular flexibility index (Phi) is 5.90. The summed E-state index contributed by atoms with van der Waals surface area (Å²) in [5, 5.41) is 8.41. The minimum absolute atomic E-state index is 0.0701. The molecule has 1 unspecified atom stereocenters. The predicted molar refractivity (Wildman–Crippen MR) is 100 cm³/mol. The Labute approximate surface area is 157 Å². The van der Waals surface area contributed by atoms with Gasteiger partial charge in [0, 0.05) is 24.6 Å². The number of carbonyl (C=O) groups is 3. The Bertz CT molecular complexity index is 795. The Hall–Kier alpha value is -3.09. The molecule has 1 saturated carbocycles. The Morgan fingerprint density at radius 3 is 2.52 bits per heavy atom. The third-order valence-electron chi connectivity index (χ3n) is 4.39. The largest absolute Gasteiger partial charge is 0.459 e. The Morgan fingerprint density at radius 2 is 1.89 bits per heavy atom. The van der Waals surface area contributed by atoms with Gasteiger partial charge in [-0.15, -0.1) is 0 Å². The second-order valence-corrected chi connectivity index (χ2v) is 6.66. The molecule has 0 radical (unpaired) electrons. The topological polar surface area (TPSA) is 100 Å². The van der Waals surface area contributed by atoms with Crippen LogP contribution in [0.2, 0.25) is 0 Å². The molecule has 0 bridgehead atoms.